The van der Waals surface area contributed by atoms with Crippen LogP contribution in [0.15, 0.2) is 34.7 Å². The molecule has 0 bridgehead atoms. The summed E-state index contributed by atoms with van der Waals surface area (Å²) in [5.41, 5.74) is 3.63. The van der Waals surface area contributed by atoms with Crippen molar-refractivity contribution < 1.29 is 17.9 Å². The molecule has 0 saturated heterocycles. The van der Waals surface area contributed by atoms with Crippen LogP contribution < -0.4 is 4.74 Å². The van der Waals surface area contributed by atoms with Gasteiger partial charge in [-0.3, -0.25) is 4.68 Å². The van der Waals surface area contributed by atoms with E-state index in [0.29, 0.717) is 21.4 Å². The lowest BCUT2D eigenvalue weighted by Crippen LogP contribution is -2.06. The van der Waals surface area contributed by atoms with Gasteiger partial charge in [-0.05, 0) is 48.2 Å². The van der Waals surface area contributed by atoms with Crippen molar-refractivity contribution in [2.45, 2.75) is 17.1 Å². The fraction of sp³-hybridized carbons (Fsp3) is 0.188. The minimum absolute atomic E-state index is 0.346. The topological polar surface area (TPSA) is 64.4 Å². The molecule has 0 amide bonds. The van der Waals surface area contributed by atoms with Gasteiger partial charge >= 0.3 is 0 Å². The lowest BCUT2D eigenvalue weighted by Gasteiger charge is -2.16. The van der Waals surface area contributed by atoms with E-state index in [2.05, 4.69) is 5.10 Å². The van der Waals surface area contributed by atoms with Crippen LogP contribution >= 0.6 is 11.3 Å². The monoisotopic (exact) mass is 364 g/mol. The Balaban J connectivity index is 1.87. The Morgan fingerprint density at radius 1 is 1.33 bits per heavy atom. The SMILES string of the molecule is Cn1ncc2c1-c1c(Oc3ccc(F)cc3)sc(S(=O)O)c1CC2. The second-order valence-corrected chi connectivity index (χ2v) is 7.63. The number of benzene rings is 1. The average Bonchev–Trinajstić information content (AvgIpc) is 3.11. The first-order valence-corrected chi connectivity index (χ1v) is 9.18. The van der Waals surface area contributed by atoms with Gasteiger partial charge in [0, 0.05) is 7.05 Å². The van der Waals surface area contributed by atoms with Gasteiger partial charge in [0.1, 0.15) is 15.8 Å². The highest BCUT2D eigenvalue weighted by molar-refractivity contribution is 7.82. The van der Waals surface area contributed by atoms with Gasteiger partial charge in [-0.25, -0.2) is 8.60 Å². The van der Waals surface area contributed by atoms with Crippen molar-refractivity contribution in [3.05, 3.63) is 47.4 Å². The highest BCUT2D eigenvalue weighted by Gasteiger charge is 2.31. The standard InChI is InChI=1S/C16H13FN2O3S2/c1-19-14-9(8-18-19)2-7-12-13(14)15(23-16(12)24(20)21)22-11-5-3-10(17)4-6-11/h3-6,8H,2,7H2,1H3,(H,20,21). The summed E-state index contributed by atoms with van der Waals surface area (Å²) >= 11 is -0.931. The van der Waals surface area contributed by atoms with Gasteiger partial charge in [-0.2, -0.15) is 5.10 Å². The van der Waals surface area contributed by atoms with Crippen molar-refractivity contribution in [1.29, 1.82) is 0 Å². The molecule has 3 aromatic rings. The average molecular weight is 364 g/mol. The molecular weight excluding hydrogens is 351 g/mol. The molecule has 1 unspecified atom stereocenters. The molecule has 24 heavy (non-hydrogen) atoms. The molecule has 4 rings (SSSR count). The van der Waals surface area contributed by atoms with E-state index in [-0.39, 0.29) is 5.82 Å². The molecule has 1 aliphatic rings. The van der Waals surface area contributed by atoms with E-state index in [1.165, 1.54) is 24.3 Å². The van der Waals surface area contributed by atoms with Crippen LogP contribution in [0.2, 0.25) is 0 Å². The Kier molecular flexibility index (Phi) is 3.75. The third kappa shape index (κ3) is 2.47. The van der Waals surface area contributed by atoms with E-state index >= 15 is 0 Å². The molecule has 0 saturated carbocycles. The Labute approximate surface area is 144 Å². The van der Waals surface area contributed by atoms with Crippen LogP contribution in [0, 0.1) is 5.82 Å². The number of fused-ring (bicyclic) bond motifs is 3. The van der Waals surface area contributed by atoms with Gasteiger partial charge < -0.3 is 9.29 Å². The van der Waals surface area contributed by atoms with Crippen molar-refractivity contribution in [1.82, 2.24) is 9.78 Å². The molecule has 1 N–H and O–H groups in total. The quantitative estimate of drug-likeness (QED) is 0.719. The summed E-state index contributed by atoms with van der Waals surface area (Å²) in [6.07, 6.45) is 3.25. The van der Waals surface area contributed by atoms with Crippen molar-refractivity contribution in [3.63, 3.8) is 0 Å². The minimum atomic E-state index is -2.08. The number of rotatable bonds is 3. The van der Waals surface area contributed by atoms with Crippen LogP contribution in [0.4, 0.5) is 4.39 Å². The van der Waals surface area contributed by atoms with Crippen LogP contribution in [-0.2, 0) is 31.0 Å². The molecule has 0 radical (unpaired) electrons. The van der Waals surface area contributed by atoms with E-state index < -0.39 is 11.1 Å². The predicted molar refractivity (Wildman–Crippen MR) is 89.4 cm³/mol. The molecule has 0 aliphatic heterocycles. The number of hydrogen-bond acceptors (Lipinski definition) is 4. The highest BCUT2D eigenvalue weighted by atomic mass is 32.2. The van der Waals surface area contributed by atoms with Crippen molar-refractivity contribution >= 4 is 22.4 Å². The lowest BCUT2D eigenvalue weighted by molar-refractivity contribution is 0.494. The van der Waals surface area contributed by atoms with Gasteiger partial charge in [-0.1, -0.05) is 11.3 Å². The first kappa shape index (κ1) is 15.5. The minimum Gasteiger partial charge on any atom is -0.446 e. The highest BCUT2D eigenvalue weighted by Crippen LogP contribution is 2.49. The predicted octanol–water partition coefficient (Wildman–Crippen LogP) is 3.76. The Hall–Kier alpha value is -2.03. The second-order valence-electron chi connectivity index (χ2n) is 5.48. The van der Waals surface area contributed by atoms with E-state index in [9.17, 15) is 13.2 Å². The molecule has 2 aromatic heterocycles. The smallest absolute Gasteiger partial charge is 0.197 e. The zero-order chi connectivity index (χ0) is 16.8. The fourth-order valence-electron chi connectivity index (χ4n) is 2.96. The summed E-state index contributed by atoms with van der Waals surface area (Å²) in [5, 5.41) is 4.82. The van der Waals surface area contributed by atoms with Crippen LogP contribution in [0.1, 0.15) is 11.1 Å². The van der Waals surface area contributed by atoms with E-state index in [1.54, 1.807) is 4.68 Å². The van der Waals surface area contributed by atoms with E-state index in [0.717, 1.165) is 40.1 Å². The molecule has 1 aromatic carbocycles. The number of thiophene rings is 1. The molecule has 8 heteroatoms. The number of nitrogens with zero attached hydrogens (tertiary/aromatic N) is 2. The molecule has 124 valence electrons. The van der Waals surface area contributed by atoms with E-state index in [1.807, 2.05) is 13.2 Å². The third-order valence-corrected chi connectivity index (χ3v) is 6.16. The fourth-order valence-corrected chi connectivity index (χ4v) is 4.84. The summed E-state index contributed by atoms with van der Waals surface area (Å²) < 4.78 is 42.5. The molecular formula is C16H13FN2O3S2. The van der Waals surface area contributed by atoms with Gasteiger partial charge in [0.25, 0.3) is 0 Å². The molecule has 1 aliphatic carbocycles. The third-order valence-electron chi connectivity index (χ3n) is 4.02. The molecule has 5 nitrogen and oxygen atoms in total. The van der Waals surface area contributed by atoms with Crippen LogP contribution in [0.3, 0.4) is 0 Å². The Bertz CT molecular complexity index is 947. The summed E-state index contributed by atoms with van der Waals surface area (Å²) in [4.78, 5) is 0. The van der Waals surface area contributed by atoms with Crippen LogP contribution in [0.5, 0.6) is 10.8 Å². The summed E-state index contributed by atoms with van der Waals surface area (Å²) in [5.74, 6) is 0.131. The largest absolute Gasteiger partial charge is 0.446 e. The van der Waals surface area contributed by atoms with Crippen molar-refractivity contribution in [3.8, 4) is 22.1 Å². The van der Waals surface area contributed by atoms with Crippen molar-refractivity contribution in [2.24, 2.45) is 7.05 Å². The number of ether oxygens (including phenoxy) is 1. The van der Waals surface area contributed by atoms with Gasteiger partial charge in [0.05, 0.1) is 17.5 Å². The Morgan fingerprint density at radius 2 is 2.08 bits per heavy atom. The lowest BCUT2D eigenvalue weighted by atomic mass is 9.93. The van der Waals surface area contributed by atoms with Gasteiger partial charge in [-0.15, -0.1) is 0 Å². The Morgan fingerprint density at radius 3 is 2.79 bits per heavy atom. The maximum absolute atomic E-state index is 13.1. The van der Waals surface area contributed by atoms with Crippen LogP contribution in [0.25, 0.3) is 11.3 Å². The number of aromatic nitrogens is 2. The zero-order valence-corrected chi connectivity index (χ0v) is 14.3. The first-order chi connectivity index (χ1) is 11.5. The van der Waals surface area contributed by atoms with Gasteiger partial charge in [0.15, 0.2) is 16.1 Å². The molecule has 1 atom stereocenters. The summed E-state index contributed by atoms with van der Waals surface area (Å²) in [6.45, 7) is 0. The molecule has 0 fully saturated rings. The zero-order valence-electron chi connectivity index (χ0n) is 12.7. The second kappa shape index (κ2) is 5.80. The first-order valence-electron chi connectivity index (χ1n) is 7.26. The summed E-state index contributed by atoms with van der Waals surface area (Å²) in [6, 6.07) is 5.69. The number of aryl methyl sites for hydroxylation is 2. The molecule has 2 heterocycles. The summed E-state index contributed by atoms with van der Waals surface area (Å²) in [7, 11) is 1.84. The van der Waals surface area contributed by atoms with Crippen molar-refractivity contribution in [2.75, 3.05) is 0 Å². The van der Waals surface area contributed by atoms with Gasteiger partial charge in [0.2, 0.25) is 0 Å². The molecule has 0 spiro atoms. The maximum atomic E-state index is 13.1. The normalized spacial score (nSPS) is 14.1. The maximum Gasteiger partial charge on any atom is 0.197 e. The van der Waals surface area contributed by atoms with E-state index in [4.69, 9.17) is 4.74 Å². The number of hydrogen-bond donors (Lipinski definition) is 1. The number of halogens is 1. The van der Waals surface area contributed by atoms with Crippen LogP contribution in [-0.4, -0.2) is 18.5 Å².